The number of hydrogen-bond donors (Lipinski definition) is 2. The predicted octanol–water partition coefficient (Wildman–Crippen LogP) is 1.21. The number of rotatable bonds is 9. The number of nitrogens with two attached hydrogens (primary N) is 1. The van der Waals surface area contributed by atoms with E-state index in [2.05, 4.69) is 37.9 Å². The zero-order chi connectivity index (χ0) is 13.3. The predicted molar refractivity (Wildman–Crippen MR) is 72.8 cm³/mol. The Morgan fingerprint density at radius 1 is 1.35 bits per heavy atom. The summed E-state index contributed by atoms with van der Waals surface area (Å²) in [6, 6.07) is 0.276. The van der Waals surface area contributed by atoms with Gasteiger partial charge >= 0.3 is 0 Å². The fraction of sp³-hybridized carbons (Fsp3) is 0.923. The highest BCUT2D eigenvalue weighted by Crippen LogP contribution is 1.99. The molecule has 0 rings (SSSR count). The molecule has 0 bridgehead atoms. The van der Waals surface area contributed by atoms with Crippen LogP contribution in [0.4, 0.5) is 0 Å². The lowest BCUT2D eigenvalue weighted by molar-refractivity contribution is -0.123. The van der Waals surface area contributed by atoms with Gasteiger partial charge in [0.15, 0.2) is 0 Å². The number of hydrogen-bond acceptors (Lipinski definition) is 3. The van der Waals surface area contributed by atoms with Gasteiger partial charge < -0.3 is 11.1 Å². The molecular weight excluding hydrogens is 214 g/mol. The molecule has 1 amide bonds. The summed E-state index contributed by atoms with van der Waals surface area (Å²) >= 11 is 0. The van der Waals surface area contributed by atoms with E-state index < -0.39 is 0 Å². The van der Waals surface area contributed by atoms with Crippen molar-refractivity contribution < 1.29 is 4.79 Å². The molecule has 2 unspecified atom stereocenters. The molecule has 0 aliphatic heterocycles. The van der Waals surface area contributed by atoms with Crippen LogP contribution in [-0.2, 0) is 4.79 Å². The third-order valence-corrected chi connectivity index (χ3v) is 2.92. The van der Waals surface area contributed by atoms with Crippen LogP contribution in [0.1, 0.15) is 40.5 Å². The van der Waals surface area contributed by atoms with E-state index in [0.717, 1.165) is 25.9 Å². The summed E-state index contributed by atoms with van der Waals surface area (Å²) in [5, 5.41) is 3.02. The maximum atomic E-state index is 11.8. The molecule has 0 radical (unpaired) electrons. The molecular formula is C13H29N3O. The third-order valence-electron chi connectivity index (χ3n) is 2.92. The second-order valence-corrected chi connectivity index (χ2v) is 4.93. The highest BCUT2D eigenvalue weighted by atomic mass is 16.2. The molecule has 0 saturated carbocycles. The molecule has 2 atom stereocenters. The summed E-state index contributed by atoms with van der Waals surface area (Å²) in [7, 11) is 0. The minimum atomic E-state index is 0.122. The van der Waals surface area contributed by atoms with Crippen LogP contribution >= 0.6 is 0 Å². The largest absolute Gasteiger partial charge is 0.353 e. The molecule has 4 heteroatoms. The van der Waals surface area contributed by atoms with Gasteiger partial charge in [0, 0.05) is 12.6 Å². The SMILES string of the molecule is CCCC(C)NC(=O)CN(CC)CC(C)CN. The van der Waals surface area contributed by atoms with Crippen LogP contribution in [0.25, 0.3) is 0 Å². The molecule has 3 N–H and O–H groups in total. The van der Waals surface area contributed by atoms with Gasteiger partial charge in [-0.2, -0.15) is 0 Å². The van der Waals surface area contributed by atoms with Crippen LogP contribution in [0.2, 0.25) is 0 Å². The molecule has 102 valence electrons. The zero-order valence-electron chi connectivity index (χ0n) is 11.8. The van der Waals surface area contributed by atoms with Gasteiger partial charge in [0.25, 0.3) is 0 Å². The van der Waals surface area contributed by atoms with Crippen molar-refractivity contribution in [3.05, 3.63) is 0 Å². The van der Waals surface area contributed by atoms with Gasteiger partial charge in [0.1, 0.15) is 0 Å². The number of nitrogens with zero attached hydrogens (tertiary/aromatic N) is 1. The summed E-state index contributed by atoms with van der Waals surface area (Å²) in [4.78, 5) is 13.9. The monoisotopic (exact) mass is 243 g/mol. The molecule has 0 aliphatic carbocycles. The molecule has 0 aromatic rings. The minimum absolute atomic E-state index is 0.122. The average molecular weight is 243 g/mol. The smallest absolute Gasteiger partial charge is 0.234 e. The quantitative estimate of drug-likeness (QED) is 0.640. The summed E-state index contributed by atoms with van der Waals surface area (Å²) in [6.07, 6.45) is 2.14. The van der Waals surface area contributed by atoms with Crippen molar-refractivity contribution in [2.75, 3.05) is 26.2 Å². The molecule has 0 spiro atoms. The number of carbonyl (C=O) groups excluding carboxylic acids is 1. The van der Waals surface area contributed by atoms with E-state index in [0.29, 0.717) is 19.0 Å². The Hall–Kier alpha value is -0.610. The minimum Gasteiger partial charge on any atom is -0.353 e. The third kappa shape index (κ3) is 8.16. The summed E-state index contributed by atoms with van der Waals surface area (Å²) in [5.74, 6) is 0.563. The molecule has 0 fully saturated rings. The van der Waals surface area contributed by atoms with Crippen molar-refractivity contribution in [2.45, 2.75) is 46.6 Å². The number of likely N-dealkylation sites (N-methyl/N-ethyl adjacent to an activating group) is 1. The Balaban J connectivity index is 3.97. The first-order valence-corrected chi connectivity index (χ1v) is 6.75. The van der Waals surface area contributed by atoms with Gasteiger partial charge in [-0.25, -0.2) is 0 Å². The maximum absolute atomic E-state index is 11.8. The second kappa shape index (κ2) is 9.42. The lowest BCUT2D eigenvalue weighted by Crippen LogP contribution is -2.42. The van der Waals surface area contributed by atoms with Crippen LogP contribution in [0.5, 0.6) is 0 Å². The van der Waals surface area contributed by atoms with E-state index in [1.54, 1.807) is 0 Å². The number of carbonyl (C=O) groups is 1. The summed E-state index contributed by atoms with van der Waals surface area (Å²) in [6.45, 7) is 11.3. The topological polar surface area (TPSA) is 58.4 Å². The Labute approximate surface area is 106 Å². The Morgan fingerprint density at radius 3 is 2.47 bits per heavy atom. The zero-order valence-corrected chi connectivity index (χ0v) is 11.8. The van der Waals surface area contributed by atoms with Gasteiger partial charge in [-0.3, -0.25) is 9.69 Å². The fourth-order valence-electron chi connectivity index (χ4n) is 1.85. The van der Waals surface area contributed by atoms with Gasteiger partial charge in [-0.05, 0) is 32.4 Å². The van der Waals surface area contributed by atoms with Crippen molar-refractivity contribution in [1.82, 2.24) is 10.2 Å². The van der Waals surface area contributed by atoms with Crippen molar-refractivity contribution >= 4 is 5.91 Å². The van der Waals surface area contributed by atoms with Crippen LogP contribution in [0, 0.1) is 5.92 Å². The lowest BCUT2D eigenvalue weighted by Gasteiger charge is -2.24. The van der Waals surface area contributed by atoms with E-state index in [4.69, 9.17) is 5.73 Å². The standard InChI is InChI=1S/C13H29N3O/c1-5-7-12(4)15-13(17)10-16(6-2)9-11(3)8-14/h11-12H,5-10,14H2,1-4H3,(H,15,17). The van der Waals surface area contributed by atoms with Crippen molar-refractivity contribution in [3.63, 3.8) is 0 Å². The first-order chi connectivity index (χ1) is 8.03. The number of amides is 1. The molecule has 17 heavy (non-hydrogen) atoms. The second-order valence-electron chi connectivity index (χ2n) is 4.93. The van der Waals surface area contributed by atoms with E-state index in [1.165, 1.54) is 0 Å². The van der Waals surface area contributed by atoms with Crippen LogP contribution in [-0.4, -0.2) is 43.0 Å². The van der Waals surface area contributed by atoms with Gasteiger partial charge in [-0.1, -0.05) is 27.2 Å². The molecule has 0 aliphatic rings. The van der Waals surface area contributed by atoms with Gasteiger partial charge in [0.2, 0.25) is 5.91 Å². The van der Waals surface area contributed by atoms with Crippen LogP contribution in [0.15, 0.2) is 0 Å². The number of nitrogens with one attached hydrogen (secondary N) is 1. The summed E-state index contributed by atoms with van der Waals surface area (Å²) in [5.41, 5.74) is 5.60. The van der Waals surface area contributed by atoms with E-state index in [9.17, 15) is 4.79 Å². The fourth-order valence-corrected chi connectivity index (χ4v) is 1.85. The van der Waals surface area contributed by atoms with Crippen molar-refractivity contribution in [3.8, 4) is 0 Å². The first kappa shape index (κ1) is 16.4. The Bertz CT molecular complexity index is 209. The van der Waals surface area contributed by atoms with Gasteiger partial charge in [0.05, 0.1) is 6.54 Å². The van der Waals surface area contributed by atoms with Crippen molar-refractivity contribution in [1.29, 1.82) is 0 Å². The van der Waals surface area contributed by atoms with E-state index in [-0.39, 0.29) is 11.9 Å². The van der Waals surface area contributed by atoms with Crippen LogP contribution in [0.3, 0.4) is 0 Å². The molecule has 0 heterocycles. The summed E-state index contributed by atoms with van der Waals surface area (Å²) < 4.78 is 0. The maximum Gasteiger partial charge on any atom is 0.234 e. The molecule has 0 aromatic carbocycles. The highest BCUT2D eigenvalue weighted by Gasteiger charge is 2.13. The van der Waals surface area contributed by atoms with Gasteiger partial charge in [-0.15, -0.1) is 0 Å². The highest BCUT2D eigenvalue weighted by molar-refractivity contribution is 5.78. The van der Waals surface area contributed by atoms with E-state index >= 15 is 0 Å². The molecule has 0 aromatic heterocycles. The Morgan fingerprint density at radius 2 is 2.00 bits per heavy atom. The lowest BCUT2D eigenvalue weighted by atomic mass is 10.1. The normalized spacial score (nSPS) is 14.7. The van der Waals surface area contributed by atoms with E-state index in [1.807, 2.05) is 0 Å². The average Bonchev–Trinajstić information content (AvgIpc) is 2.27. The molecule has 0 saturated heterocycles. The van der Waals surface area contributed by atoms with Crippen LogP contribution < -0.4 is 11.1 Å². The Kier molecular flexibility index (Phi) is 9.09. The molecule has 4 nitrogen and oxygen atoms in total. The van der Waals surface area contributed by atoms with Crippen molar-refractivity contribution in [2.24, 2.45) is 11.7 Å². The first-order valence-electron chi connectivity index (χ1n) is 6.75.